The number of benzene rings is 1. The molecule has 1 aliphatic heterocycles. The van der Waals surface area contributed by atoms with E-state index in [0.29, 0.717) is 0 Å². The van der Waals surface area contributed by atoms with E-state index in [1.54, 1.807) is 0 Å². The molecule has 3 nitrogen and oxygen atoms in total. The van der Waals surface area contributed by atoms with E-state index in [0.717, 1.165) is 50.9 Å². The van der Waals surface area contributed by atoms with Gasteiger partial charge in [-0.3, -0.25) is 4.79 Å². The van der Waals surface area contributed by atoms with E-state index >= 15 is 0 Å². The van der Waals surface area contributed by atoms with Gasteiger partial charge in [0.05, 0.1) is 5.41 Å². The van der Waals surface area contributed by atoms with E-state index in [4.69, 9.17) is 0 Å². The summed E-state index contributed by atoms with van der Waals surface area (Å²) in [6.45, 7) is 6.07. The van der Waals surface area contributed by atoms with Crippen molar-refractivity contribution < 1.29 is 4.79 Å². The van der Waals surface area contributed by atoms with Crippen LogP contribution in [-0.4, -0.2) is 19.0 Å². The monoisotopic (exact) mass is 274 g/mol. The average Bonchev–Trinajstić information content (AvgIpc) is 2.91. The van der Waals surface area contributed by atoms with Crippen LogP contribution in [0.2, 0.25) is 0 Å². The zero-order valence-electron chi connectivity index (χ0n) is 12.7. The zero-order valence-corrected chi connectivity index (χ0v) is 12.7. The standard InChI is InChI=1S/C17H26N2O/c1-3-7-14-8-5-6-9-15(14)19-16(20)17(10-4-2)11-12-18-13-17/h5-6,8-9,18H,3-4,7,10-13H2,1-2H3,(H,19,20). The lowest BCUT2D eigenvalue weighted by Crippen LogP contribution is -2.38. The summed E-state index contributed by atoms with van der Waals surface area (Å²) >= 11 is 0. The SMILES string of the molecule is CCCc1ccccc1NC(=O)C1(CCC)CCNC1. The maximum absolute atomic E-state index is 12.7. The predicted octanol–water partition coefficient (Wildman–Crippen LogP) is 3.36. The Morgan fingerprint density at radius 1 is 1.30 bits per heavy atom. The average molecular weight is 274 g/mol. The molecule has 1 aromatic carbocycles. The Kier molecular flexibility index (Phi) is 5.18. The Balaban J connectivity index is 2.14. The summed E-state index contributed by atoms with van der Waals surface area (Å²) in [5.74, 6) is 0.188. The van der Waals surface area contributed by atoms with Crippen LogP contribution in [-0.2, 0) is 11.2 Å². The van der Waals surface area contributed by atoms with Crippen molar-refractivity contribution >= 4 is 11.6 Å². The summed E-state index contributed by atoms with van der Waals surface area (Å²) < 4.78 is 0. The zero-order chi connectivity index (χ0) is 14.4. The summed E-state index contributed by atoms with van der Waals surface area (Å²) in [6, 6.07) is 8.16. The Labute approximate surface area is 122 Å². The molecule has 0 aliphatic carbocycles. The predicted molar refractivity (Wildman–Crippen MR) is 83.9 cm³/mol. The van der Waals surface area contributed by atoms with Crippen molar-refractivity contribution in [2.24, 2.45) is 5.41 Å². The van der Waals surface area contributed by atoms with Crippen molar-refractivity contribution in [2.75, 3.05) is 18.4 Å². The summed E-state index contributed by atoms with van der Waals surface area (Å²) in [4.78, 5) is 12.7. The molecule has 2 rings (SSSR count). The van der Waals surface area contributed by atoms with Crippen molar-refractivity contribution in [2.45, 2.75) is 46.0 Å². The molecule has 2 N–H and O–H groups in total. The first-order valence-corrected chi connectivity index (χ1v) is 7.82. The van der Waals surface area contributed by atoms with Crippen LogP contribution in [0, 0.1) is 5.41 Å². The molecule has 110 valence electrons. The second-order valence-electron chi connectivity index (χ2n) is 5.82. The van der Waals surface area contributed by atoms with Crippen molar-refractivity contribution in [1.29, 1.82) is 0 Å². The van der Waals surface area contributed by atoms with Gasteiger partial charge in [0, 0.05) is 12.2 Å². The Bertz CT molecular complexity index is 450. The molecular weight excluding hydrogens is 248 g/mol. The molecular formula is C17H26N2O. The van der Waals surface area contributed by atoms with Crippen molar-refractivity contribution in [1.82, 2.24) is 5.32 Å². The molecule has 0 radical (unpaired) electrons. The second-order valence-corrected chi connectivity index (χ2v) is 5.82. The highest BCUT2D eigenvalue weighted by atomic mass is 16.2. The normalized spacial score (nSPS) is 21.9. The number of amides is 1. The minimum atomic E-state index is -0.214. The van der Waals surface area contributed by atoms with Gasteiger partial charge in [-0.15, -0.1) is 0 Å². The van der Waals surface area contributed by atoms with Gasteiger partial charge in [0.1, 0.15) is 0 Å². The lowest BCUT2D eigenvalue weighted by atomic mass is 9.81. The van der Waals surface area contributed by atoms with Crippen LogP contribution in [0.1, 0.15) is 45.1 Å². The first-order valence-electron chi connectivity index (χ1n) is 7.82. The third kappa shape index (κ3) is 3.21. The number of aryl methyl sites for hydroxylation is 1. The molecule has 1 aromatic rings. The number of anilines is 1. The van der Waals surface area contributed by atoms with Crippen LogP contribution in [0.15, 0.2) is 24.3 Å². The van der Waals surface area contributed by atoms with Gasteiger partial charge in [-0.2, -0.15) is 0 Å². The van der Waals surface area contributed by atoms with Crippen LogP contribution >= 0.6 is 0 Å². The number of carbonyl (C=O) groups is 1. The van der Waals surface area contributed by atoms with Gasteiger partial charge in [0.25, 0.3) is 0 Å². The van der Waals surface area contributed by atoms with Gasteiger partial charge in [-0.1, -0.05) is 44.9 Å². The number of hydrogen-bond donors (Lipinski definition) is 2. The van der Waals surface area contributed by atoms with Gasteiger partial charge in [-0.25, -0.2) is 0 Å². The summed E-state index contributed by atoms with van der Waals surface area (Å²) in [5, 5.41) is 6.53. The quantitative estimate of drug-likeness (QED) is 0.835. The van der Waals surface area contributed by atoms with Crippen molar-refractivity contribution in [3.8, 4) is 0 Å². The van der Waals surface area contributed by atoms with Crippen molar-refractivity contribution in [3.05, 3.63) is 29.8 Å². The topological polar surface area (TPSA) is 41.1 Å². The van der Waals surface area contributed by atoms with Crippen LogP contribution < -0.4 is 10.6 Å². The summed E-state index contributed by atoms with van der Waals surface area (Å²) in [5.41, 5.74) is 2.01. The van der Waals surface area contributed by atoms with E-state index in [-0.39, 0.29) is 11.3 Å². The molecule has 1 fully saturated rings. The van der Waals surface area contributed by atoms with E-state index in [9.17, 15) is 4.79 Å². The van der Waals surface area contributed by atoms with Gasteiger partial charge >= 0.3 is 0 Å². The van der Waals surface area contributed by atoms with Crippen LogP contribution in [0.5, 0.6) is 0 Å². The Morgan fingerprint density at radius 2 is 2.10 bits per heavy atom. The van der Waals surface area contributed by atoms with E-state index < -0.39 is 0 Å². The number of carbonyl (C=O) groups excluding carboxylic acids is 1. The Hall–Kier alpha value is -1.35. The van der Waals surface area contributed by atoms with Gasteiger partial charge < -0.3 is 10.6 Å². The molecule has 3 heteroatoms. The molecule has 20 heavy (non-hydrogen) atoms. The lowest BCUT2D eigenvalue weighted by Gasteiger charge is -2.27. The summed E-state index contributed by atoms with van der Waals surface area (Å²) in [6.07, 6.45) is 5.06. The van der Waals surface area contributed by atoms with Crippen LogP contribution in [0.4, 0.5) is 5.69 Å². The van der Waals surface area contributed by atoms with E-state index in [1.165, 1.54) is 5.56 Å². The van der Waals surface area contributed by atoms with Gasteiger partial charge in [0.15, 0.2) is 0 Å². The number of nitrogens with one attached hydrogen (secondary N) is 2. The first kappa shape index (κ1) is 15.0. The maximum atomic E-state index is 12.7. The minimum Gasteiger partial charge on any atom is -0.325 e. The molecule has 1 atom stereocenters. The Morgan fingerprint density at radius 3 is 2.75 bits per heavy atom. The summed E-state index contributed by atoms with van der Waals surface area (Å²) in [7, 11) is 0. The molecule has 1 unspecified atom stereocenters. The fraction of sp³-hybridized carbons (Fsp3) is 0.588. The van der Waals surface area contributed by atoms with E-state index in [2.05, 4.69) is 30.5 Å². The maximum Gasteiger partial charge on any atom is 0.231 e. The number of hydrogen-bond acceptors (Lipinski definition) is 2. The third-order valence-electron chi connectivity index (χ3n) is 4.24. The number of rotatable bonds is 6. The molecule has 1 aliphatic rings. The molecule has 0 spiro atoms. The fourth-order valence-corrected chi connectivity index (χ4v) is 3.13. The van der Waals surface area contributed by atoms with Crippen LogP contribution in [0.25, 0.3) is 0 Å². The molecule has 0 aromatic heterocycles. The lowest BCUT2D eigenvalue weighted by molar-refractivity contribution is -0.125. The molecule has 0 bridgehead atoms. The third-order valence-corrected chi connectivity index (χ3v) is 4.24. The largest absolute Gasteiger partial charge is 0.325 e. The highest BCUT2D eigenvalue weighted by Gasteiger charge is 2.40. The molecule has 1 saturated heterocycles. The van der Waals surface area contributed by atoms with Crippen molar-refractivity contribution in [3.63, 3.8) is 0 Å². The van der Waals surface area contributed by atoms with E-state index in [1.807, 2.05) is 18.2 Å². The van der Waals surface area contributed by atoms with Gasteiger partial charge in [-0.05, 0) is 37.4 Å². The van der Waals surface area contributed by atoms with Gasteiger partial charge in [0.2, 0.25) is 5.91 Å². The molecule has 0 saturated carbocycles. The highest BCUT2D eigenvalue weighted by molar-refractivity contribution is 5.96. The fourth-order valence-electron chi connectivity index (χ4n) is 3.13. The minimum absolute atomic E-state index is 0.188. The second kappa shape index (κ2) is 6.89. The first-order chi connectivity index (χ1) is 9.72. The van der Waals surface area contributed by atoms with Crippen LogP contribution in [0.3, 0.4) is 0 Å². The highest BCUT2D eigenvalue weighted by Crippen LogP contribution is 2.33. The molecule has 1 amide bonds. The molecule has 1 heterocycles. The smallest absolute Gasteiger partial charge is 0.231 e. The number of para-hydroxylation sites is 1.